The van der Waals surface area contributed by atoms with Crippen LogP contribution in [-0.4, -0.2) is 50.5 Å². The zero-order chi connectivity index (χ0) is 18.7. The maximum atomic E-state index is 13.1. The van der Waals surface area contributed by atoms with Gasteiger partial charge in [0, 0.05) is 38.5 Å². The van der Waals surface area contributed by atoms with E-state index in [-0.39, 0.29) is 5.56 Å². The SMILES string of the molecule is CC#CCn1c(N2CCNCC2)nc2nc(SC(C)CC)n(C)c(=O)c21. The lowest BCUT2D eigenvalue weighted by molar-refractivity contribution is 0.573. The highest BCUT2D eigenvalue weighted by Gasteiger charge is 2.23. The van der Waals surface area contributed by atoms with Crippen LogP contribution in [0.2, 0.25) is 0 Å². The fourth-order valence-electron chi connectivity index (χ4n) is 2.91. The molecule has 3 heterocycles. The first kappa shape index (κ1) is 18.8. The molecular weight excluding hydrogens is 348 g/mol. The number of hydrogen-bond donors (Lipinski definition) is 1. The number of thioether (sulfide) groups is 1. The van der Waals surface area contributed by atoms with E-state index in [2.05, 4.69) is 35.9 Å². The summed E-state index contributed by atoms with van der Waals surface area (Å²) in [6, 6.07) is 0. The number of anilines is 1. The van der Waals surface area contributed by atoms with E-state index in [1.807, 2.05) is 4.57 Å². The van der Waals surface area contributed by atoms with Crippen molar-refractivity contribution in [3.63, 3.8) is 0 Å². The maximum Gasteiger partial charge on any atom is 0.280 e. The lowest BCUT2D eigenvalue weighted by Crippen LogP contribution is -2.44. The van der Waals surface area contributed by atoms with E-state index in [0.717, 1.165) is 43.7 Å². The summed E-state index contributed by atoms with van der Waals surface area (Å²) in [5.74, 6) is 6.78. The normalized spacial score (nSPS) is 15.8. The van der Waals surface area contributed by atoms with E-state index in [4.69, 9.17) is 9.97 Å². The molecule has 0 amide bonds. The second-order valence-electron chi connectivity index (χ2n) is 6.43. The van der Waals surface area contributed by atoms with Gasteiger partial charge in [-0.1, -0.05) is 31.5 Å². The summed E-state index contributed by atoms with van der Waals surface area (Å²) in [5, 5.41) is 4.46. The third-order valence-electron chi connectivity index (χ3n) is 4.62. The Morgan fingerprint density at radius 2 is 2.04 bits per heavy atom. The number of nitrogens with zero attached hydrogens (tertiary/aromatic N) is 5. The Morgan fingerprint density at radius 3 is 2.69 bits per heavy atom. The van der Waals surface area contributed by atoms with Crippen molar-refractivity contribution in [3.8, 4) is 11.8 Å². The summed E-state index contributed by atoms with van der Waals surface area (Å²) in [6.07, 6.45) is 1.02. The predicted molar refractivity (Wildman–Crippen MR) is 107 cm³/mol. The van der Waals surface area contributed by atoms with Gasteiger partial charge in [-0.3, -0.25) is 13.9 Å². The van der Waals surface area contributed by atoms with Gasteiger partial charge in [-0.2, -0.15) is 4.98 Å². The van der Waals surface area contributed by atoms with E-state index in [9.17, 15) is 4.79 Å². The summed E-state index contributed by atoms with van der Waals surface area (Å²) in [7, 11) is 1.78. The van der Waals surface area contributed by atoms with Crippen molar-refractivity contribution < 1.29 is 0 Å². The first-order valence-corrected chi connectivity index (χ1v) is 9.94. The van der Waals surface area contributed by atoms with Gasteiger partial charge in [0.1, 0.15) is 0 Å². The summed E-state index contributed by atoms with van der Waals surface area (Å²) in [5.41, 5.74) is 0.996. The molecule has 140 valence electrons. The number of aromatic nitrogens is 4. The highest BCUT2D eigenvalue weighted by atomic mass is 32.2. The molecule has 1 aliphatic heterocycles. The van der Waals surface area contributed by atoms with Crippen LogP contribution in [0.1, 0.15) is 27.2 Å². The van der Waals surface area contributed by atoms with E-state index in [0.29, 0.717) is 23.0 Å². The molecule has 0 radical (unpaired) electrons. The van der Waals surface area contributed by atoms with Crippen LogP contribution in [0.4, 0.5) is 5.95 Å². The number of imidazole rings is 1. The fourth-order valence-corrected chi connectivity index (χ4v) is 3.82. The predicted octanol–water partition coefficient (Wildman–Crippen LogP) is 1.45. The number of nitrogens with one attached hydrogen (secondary N) is 1. The zero-order valence-corrected chi connectivity index (χ0v) is 16.7. The van der Waals surface area contributed by atoms with Crippen LogP contribution in [0.25, 0.3) is 11.2 Å². The fraction of sp³-hybridized carbons (Fsp3) is 0.611. The minimum Gasteiger partial charge on any atom is -0.340 e. The monoisotopic (exact) mass is 374 g/mol. The standard InChI is InChI=1S/C18H26N6OS/c1-5-7-10-24-14-15(20-17(24)23-11-8-19-9-12-23)21-18(22(4)16(14)25)26-13(3)6-2/h13,19H,6,8-12H2,1-4H3. The minimum absolute atomic E-state index is 0.0624. The largest absolute Gasteiger partial charge is 0.340 e. The molecule has 0 spiro atoms. The van der Waals surface area contributed by atoms with Crippen LogP contribution in [-0.2, 0) is 13.6 Å². The van der Waals surface area contributed by atoms with Gasteiger partial charge < -0.3 is 10.2 Å². The molecule has 0 saturated carbocycles. The van der Waals surface area contributed by atoms with E-state index >= 15 is 0 Å². The Morgan fingerprint density at radius 1 is 1.31 bits per heavy atom. The van der Waals surface area contributed by atoms with Crippen LogP contribution in [0.15, 0.2) is 9.95 Å². The maximum absolute atomic E-state index is 13.1. The molecule has 0 aromatic carbocycles. The molecule has 1 N–H and O–H groups in total. The number of piperazine rings is 1. The van der Waals surface area contributed by atoms with Crippen molar-refractivity contribution in [3.05, 3.63) is 10.4 Å². The highest BCUT2D eigenvalue weighted by Crippen LogP contribution is 2.25. The van der Waals surface area contributed by atoms with Gasteiger partial charge in [0.2, 0.25) is 5.95 Å². The summed E-state index contributed by atoms with van der Waals surface area (Å²) >= 11 is 1.62. The number of rotatable bonds is 5. The second kappa shape index (κ2) is 8.14. The molecule has 2 aromatic heterocycles. The van der Waals surface area contributed by atoms with Gasteiger partial charge >= 0.3 is 0 Å². The Balaban J connectivity index is 2.16. The van der Waals surface area contributed by atoms with E-state index < -0.39 is 0 Å². The molecular formula is C18H26N6OS. The Bertz CT molecular complexity index is 900. The lowest BCUT2D eigenvalue weighted by Gasteiger charge is -2.28. The Kier molecular flexibility index (Phi) is 5.89. The molecule has 1 saturated heterocycles. The second-order valence-corrected chi connectivity index (χ2v) is 7.83. The molecule has 0 aliphatic carbocycles. The van der Waals surface area contributed by atoms with Gasteiger partial charge in [0.05, 0.1) is 6.54 Å². The smallest absolute Gasteiger partial charge is 0.280 e. The van der Waals surface area contributed by atoms with E-state index in [1.54, 1.807) is 30.3 Å². The topological polar surface area (TPSA) is 68.0 Å². The van der Waals surface area contributed by atoms with Crippen molar-refractivity contribution in [1.82, 2.24) is 24.4 Å². The third kappa shape index (κ3) is 3.60. The van der Waals surface area contributed by atoms with Gasteiger partial charge in [-0.15, -0.1) is 5.92 Å². The Labute approximate surface area is 158 Å². The molecule has 0 bridgehead atoms. The molecule has 8 heteroatoms. The average molecular weight is 375 g/mol. The minimum atomic E-state index is -0.0624. The van der Waals surface area contributed by atoms with Crippen LogP contribution in [0, 0.1) is 11.8 Å². The lowest BCUT2D eigenvalue weighted by atomic mass is 10.4. The molecule has 26 heavy (non-hydrogen) atoms. The molecule has 1 aliphatic rings. The summed E-state index contributed by atoms with van der Waals surface area (Å²) in [4.78, 5) is 24.7. The molecule has 3 rings (SSSR count). The Hall–Kier alpha value is -1.98. The van der Waals surface area contributed by atoms with Gasteiger partial charge in [-0.05, 0) is 13.3 Å². The number of fused-ring (bicyclic) bond motifs is 1. The van der Waals surface area contributed by atoms with Crippen LogP contribution in [0.3, 0.4) is 0 Å². The summed E-state index contributed by atoms with van der Waals surface area (Å²) < 4.78 is 3.56. The third-order valence-corrected chi connectivity index (χ3v) is 5.93. The van der Waals surface area contributed by atoms with Gasteiger partial charge in [0.15, 0.2) is 16.3 Å². The van der Waals surface area contributed by atoms with E-state index in [1.165, 1.54) is 0 Å². The molecule has 1 unspecified atom stereocenters. The molecule has 2 aromatic rings. The molecule has 7 nitrogen and oxygen atoms in total. The van der Waals surface area contributed by atoms with Crippen LogP contribution < -0.4 is 15.8 Å². The van der Waals surface area contributed by atoms with Crippen LogP contribution >= 0.6 is 11.8 Å². The van der Waals surface area contributed by atoms with Crippen LogP contribution in [0.5, 0.6) is 0 Å². The quantitative estimate of drug-likeness (QED) is 0.485. The average Bonchev–Trinajstić information content (AvgIpc) is 3.03. The molecule has 1 atom stereocenters. The first-order chi connectivity index (χ1) is 12.6. The summed E-state index contributed by atoms with van der Waals surface area (Å²) in [6.45, 7) is 10.1. The van der Waals surface area contributed by atoms with Gasteiger partial charge in [-0.25, -0.2) is 4.98 Å². The van der Waals surface area contributed by atoms with Crippen molar-refractivity contribution in [2.24, 2.45) is 7.05 Å². The van der Waals surface area contributed by atoms with Crippen molar-refractivity contribution >= 4 is 28.9 Å². The highest BCUT2D eigenvalue weighted by molar-refractivity contribution is 7.99. The van der Waals surface area contributed by atoms with Crippen molar-refractivity contribution in [2.75, 3.05) is 31.1 Å². The van der Waals surface area contributed by atoms with Crippen molar-refractivity contribution in [1.29, 1.82) is 0 Å². The number of hydrogen-bond acceptors (Lipinski definition) is 6. The molecule has 1 fully saturated rings. The van der Waals surface area contributed by atoms with Gasteiger partial charge in [0.25, 0.3) is 5.56 Å². The van der Waals surface area contributed by atoms with Crippen molar-refractivity contribution in [2.45, 2.75) is 44.1 Å². The first-order valence-electron chi connectivity index (χ1n) is 9.06. The zero-order valence-electron chi connectivity index (χ0n) is 15.9.